The van der Waals surface area contributed by atoms with Crippen molar-refractivity contribution in [1.29, 1.82) is 0 Å². The molecule has 0 N–H and O–H groups in total. The number of para-hydroxylation sites is 1. The lowest BCUT2D eigenvalue weighted by Crippen LogP contribution is -2.40. The van der Waals surface area contributed by atoms with Gasteiger partial charge in [0.05, 0.1) is 6.54 Å². The van der Waals surface area contributed by atoms with Gasteiger partial charge in [0.2, 0.25) is 0 Å². The molecule has 2 aromatic heterocycles. The molecule has 1 aliphatic heterocycles. The highest BCUT2D eigenvalue weighted by molar-refractivity contribution is 6.05. The van der Waals surface area contributed by atoms with Gasteiger partial charge in [-0.2, -0.15) is 5.10 Å². The van der Waals surface area contributed by atoms with E-state index in [1.807, 2.05) is 49.4 Å². The van der Waals surface area contributed by atoms with Crippen molar-refractivity contribution in [1.82, 2.24) is 14.8 Å². The van der Waals surface area contributed by atoms with Gasteiger partial charge in [-0.1, -0.05) is 18.2 Å². The lowest BCUT2D eigenvalue weighted by Gasteiger charge is -2.26. The molecule has 0 spiro atoms. The first-order valence-electron chi connectivity index (χ1n) is 8.20. The predicted octanol–water partition coefficient (Wildman–Crippen LogP) is 2.83. The number of carbonyl (C=O) groups is 1. The molecule has 3 aromatic rings. The zero-order valence-corrected chi connectivity index (χ0v) is 13.9. The number of ether oxygens (including phenoxy) is 1. The first kappa shape index (κ1) is 15.4. The van der Waals surface area contributed by atoms with Gasteiger partial charge in [-0.15, -0.1) is 0 Å². The quantitative estimate of drug-likeness (QED) is 0.736. The minimum absolute atomic E-state index is 0.0807. The van der Waals surface area contributed by atoms with Gasteiger partial charge in [0.25, 0.3) is 5.91 Å². The molecule has 1 aromatic carbocycles. The first-order chi connectivity index (χ1) is 12.2. The maximum Gasteiger partial charge on any atom is 0.277 e. The summed E-state index contributed by atoms with van der Waals surface area (Å²) >= 11 is 0. The largest absolute Gasteiger partial charge is 0.487 e. The molecule has 1 aliphatic rings. The van der Waals surface area contributed by atoms with Crippen molar-refractivity contribution in [2.45, 2.75) is 20.1 Å². The highest BCUT2D eigenvalue weighted by Gasteiger charge is 2.28. The van der Waals surface area contributed by atoms with Gasteiger partial charge < -0.3 is 4.74 Å². The monoisotopic (exact) mass is 334 g/mol. The molecule has 0 saturated carbocycles. The Morgan fingerprint density at radius 3 is 2.76 bits per heavy atom. The number of aromatic nitrogens is 3. The van der Waals surface area contributed by atoms with Crippen LogP contribution in [0.5, 0.6) is 5.75 Å². The van der Waals surface area contributed by atoms with E-state index in [1.165, 1.54) is 0 Å². The number of aryl methyl sites for hydroxylation is 1. The zero-order chi connectivity index (χ0) is 17.2. The molecule has 3 heterocycles. The third-order valence-corrected chi connectivity index (χ3v) is 4.14. The van der Waals surface area contributed by atoms with E-state index < -0.39 is 0 Å². The highest BCUT2D eigenvalue weighted by Crippen LogP contribution is 2.21. The average Bonchev–Trinajstić information content (AvgIpc) is 3.05. The topological polar surface area (TPSA) is 60.3 Å². The number of anilines is 1. The molecule has 126 valence electrons. The van der Waals surface area contributed by atoms with Crippen molar-refractivity contribution in [3.8, 4) is 5.75 Å². The molecule has 0 saturated heterocycles. The van der Waals surface area contributed by atoms with Crippen molar-refractivity contribution in [3.63, 3.8) is 0 Å². The van der Waals surface area contributed by atoms with Gasteiger partial charge in [0, 0.05) is 12.7 Å². The second kappa shape index (κ2) is 6.39. The smallest absolute Gasteiger partial charge is 0.277 e. The summed E-state index contributed by atoms with van der Waals surface area (Å²) in [6.45, 7) is 3.52. The summed E-state index contributed by atoms with van der Waals surface area (Å²) in [5.74, 6) is 1.38. The molecular formula is C19H18N4O2. The van der Waals surface area contributed by atoms with Crippen LogP contribution in [0.4, 0.5) is 5.82 Å². The van der Waals surface area contributed by atoms with Crippen LogP contribution in [-0.2, 0) is 13.2 Å². The number of pyridine rings is 1. The van der Waals surface area contributed by atoms with E-state index in [-0.39, 0.29) is 5.91 Å². The summed E-state index contributed by atoms with van der Waals surface area (Å²) in [4.78, 5) is 18.8. The van der Waals surface area contributed by atoms with Crippen LogP contribution in [0, 0.1) is 6.92 Å². The summed E-state index contributed by atoms with van der Waals surface area (Å²) in [6.07, 6.45) is 1.73. The van der Waals surface area contributed by atoms with Crippen LogP contribution < -0.4 is 9.64 Å². The Hall–Kier alpha value is -3.15. The Labute approximate surface area is 145 Å². The molecule has 0 atom stereocenters. The standard InChI is InChI=1S/C19H18N4O2/c1-14-7-8-20-18(11-14)22-9-10-23-17(19(22)24)12-15(21-23)13-25-16-5-3-2-4-6-16/h2-8,11-12H,9-10,13H2,1H3. The molecule has 0 bridgehead atoms. The second-order valence-corrected chi connectivity index (χ2v) is 5.99. The van der Waals surface area contributed by atoms with Gasteiger partial charge in [-0.25, -0.2) is 4.98 Å². The van der Waals surface area contributed by atoms with E-state index in [0.717, 1.165) is 17.0 Å². The molecule has 4 rings (SSSR count). The molecule has 6 nitrogen and oxygen atoms in total. The number of carbonyl (C=O) groups excluding carboxylic acids is 1. The van der Waals surface area contributed by atoms with Crippen molar-refractivity contribution >= 4 is 11.7 Å². The fourth-order valence-corrected chi connectivity index (χ4v) is 2.88. The Bertz CT molecular complexity index is 905. The molecule has 0 aliphatic carbocycles. The van der Waals surface area contributed by atoms with E-state index in [2.05, 4.69) is 10.1 Å². The molecule has 1 amide bonds. The molecule has 0 unspecified atom stereocenters. The van der Waals surface area contributed by atoms with Crippen LogP contribution in [-0.4, -0.2) is 27.2 Å². The molecule has 6 heteroatoms. The Balaban J connectivity index is 1.53. The first-order valence-corrected chi connectivity index (χ1v) is 8.20. The van der Waals surface area contributed by atoms with Gasteiger partial charge in [-0.3, -0.25) is 14.4 Å². The number of hydrogen-bond donors (Lipinski definition) is 0. The lowest BCUT2D eigenvalue weighted by molar-refractivity contribution is 0.0961. The normalized spacial score (nSPS) is 13.6. The van der Waals surface area contributed by atoms with Crippen molar-refractivity contribution in [2.24, 2.45) is 0 Å². The van der Waals surface area contributed by atoms with Gasteiger partial charge in [-0.05, 0) is 42.8 Å². The number of amides is 1. The van der Waals surface area contributed by atoms with Crippen LogP contribution in [0.2, 0.25) is 0 Å². The lowest BCUT2D eigenvalue weighted by atomic mass is 10.2. The molecule has 0 radical (unpaired) electrons. The Morgan fingerprint density at radius 2 is 1.96 bits per heavy atom. The van der Waals surface area contributed by atoms with E-state index in [4.69, 9.17) is 4.74 Å². The van der Waals surface area contributed by atoms with Crippen LogP contribution in [0.15, 0.2) is 54.7 Å². The van der Waals surface area contributed by atoms with Crippen molar-refractivity contribution in [2.75, 3.05) is 11.4 Å². The van der Waals surface area contributed by atoms with E-state index >= 15 is 0 Å². The summed E-state index contributed by atoms with van der Waals surface area (Å²) in [7, 11) is 0. The number of benzene rings is 1. The van der Waals surface area contributed by atoms with E-state index in [9.17, 15) is 4.79 Å². The third kappa shape index (κ3) is 3.10. The fraction of sp³-hybridized carbons (Fsp3) is 0.211. The maximum absolute atomic E-state index is 12.8. The second-order valence-electron chi connectivity index (χ2n) is 5.99. The minimum atomic E-state index is -0.0807. The van der Waals surface area contributed by atoms with Crippen molar-refractivity contribution < 1.29 is 9.53 Å². The molecule has 25 heavy (non-hydrogen) atoms. The minimum Gasteiger partial charge on any atom is -0.487 e. The van der Waals surface area contributed by atoms with Crippen LogP contribution in [0.1, 0.15) is 21.7 Å². The molecule has 0 fully saturated rings. The number of fused-ring (bicyclic) bond motifs is 1. The van der Waals surface area contributed by atoms with Crippen LogP contribution in [0.3, 0.4) is 0 Å². The predicted molar refractivity (Wildman–Crippen MR) is 93.7 cm³/mol. The third-order valence-electron chi connectivity index (χ3n) is 4.14. The van der Waals surface area contributed by atoms with Crippen molar-refractivity contribution in [3.05, 3.63) is 71.7 Å². The van der Waals surface area contributed by atoms with Gasteiger partial charge in [0.15, 0.2) is 0 Å². The zero-order valence-electron chi connectivity index (χ0n) is 13.9. The maximum atomic E-state index is 12.8. The summed E-state index contributed by atoms with van der Waals surface area (Å²) in [6, 6.07) is 15.2. The number of hydrogen-bond acceptors (Lipinski definition) is 4. The SMILES string of the molecule is Cc1ccnc(N2CCn3nc(COc4ccccc4)cc3C2=O)c1. The van der Waals surface area contributed by atoms with E-state index in [0.29, 0.717) is 31.2 Å². The number of rotatable bonds is 4. The highest BCUT2D eigenvalue weighted by atomic mass is 16.5. The summed E-state index contributed by atoms with van der Waals surface area (Å²) < 4.78 is 7.47. The number of nitrogens with zero attached hydrogens (tertiary/aromatic N) is 4. The van der Waals surface area contributed by atoms with Gasteiger partial charge >= 0.3 is 0 Å². The van der Waals surface area contributed by atoms with Gasteiger partial charge in [0.1, 0.15) is 29.6 Å². The molecular weight excluding hydrogens is 316 g/mol. The van der Waals surface area contributed by atoms with E-state index in [1.54, 1.807) is 21.8 Å². The summed E-state index contributed by atoms with van der Waals surface area (Å²) in [5.41, 5.74) is 2.39. The summed E-state index contributed by atoms with van der Waals surface area (Å²) in [5, 5.41) is 4.49. The van der Waals surface area contributed by atoms with Crippen LogP contribution in [0.25, 0.3) is 0 Å². The Morgan fingerprint density at radius 1 is 1.12 bits per heavy atom. The van der Waals surface area contributed by atoms with Crippen LogP contribution >= 0.6 is 0 Å². The Kier molecular flexibility index (Phi) is 3.93. The fourth-order valence-electron chi connectivity index (χ4n) is 2.88. The average molecular weight is 334 g/mol.